The molecule has 0 aliphatic carbocycles. The fourth-order valence-electron chi connectivity index (χ4n) is 6.61. The zero-order chi connectivity index (χ0) is 29.2. The Balaban J connectivity index is 1.37. The van der Waals surface area contributed by atoms with Crippen LogP contribution in [0.5, 0.6) is 6.01 Å². The summed E-state index contributed by atoms with van der Waals surface area (Å²) < 4.78 is 67.2. The highest BCUT2D eigenvalue weighted by molar-refractivity contribution is 7.22. The Labute approximate surface area is 247 Å². The lowest BCUT2D eigenvalue weighted by atomic mass is 9.95. The van der Waals surface area contributed by atoms with Crippen LogP contribution in [0.4, 0.5) is 28.5 Å². The zero-order valence-corrected chi connectivity index (χ0v) is 24.0. The number of nitrogens with one attached hydrogen (secondary N) is 1. The number of hydrogen-bond donors (Lipinski definition) is 2. The summed E-state index contributed by atoms with van der Waals surface area (Å²) in [6, 6.07) is 6.62. The van der Waals surface area contributed by atoms with Crippen molar-refractivity contribution < 1.29 is 22.3 Å². The summed E-state index contributed by atoms with van der Waals surface area (Å²) in [4.78, 5) is 16.8. The smallest absolute Gasteiger partial charge is 0.319 e. The van der Waals surface area contributed by atoms with Gasteiger partial charge in [-0.15, -0.1) is 0 Å². The van der Waals surface area contributed by atoms with E-state index in [0.717, 1.165) is 24.1 Å². The lowest BCUT2D eigenvalue weighted by Crippen LogP contribution is -2.43. The number of nitrogens with two attached hydrogens (primary N) is 1. The molecule has 0 amide bonds. The maximum atomic E-state index is 16.6. The van der Waals surface area contributed by atoms with E-state index >= 15 is 4.39 Å². The summed E-state index contributed by atoms with van der Waals surface area (Å²) >= 11 is 7.98. The molecule has 0 saturated carbocycles. The van der Waals surface area contributed by atoms with Crippen LogP contribution in [0.15, 0.2) is 24.3 Å². The van der Waals surface area contributed by atoms with Crippen LogP contribution in [-0.4, -0.2) is 83.4 Å². The van der Waals surface area contributed by atoms with E-state index < -0.39 is 36.5 Å². The molecule has 14 heteroatoms. The minimum absolute atomic E-state index is 0.0535. The van der Waals surface area contributed by atoms with Crippen molar-refractivity contribution in [2.24, 2.45) is 0 Å². The summed E-state index contributed by atoms with van der Waals surface area (Å²) in [6.45, 7) is 0.563. The zero-order valence-electron chi connectivity index (χ0n) is 22.5. The fourth-order valence-corrected chi connectivity index (χ4v) is 7.66. The van der Waals surface area contributed by atoms with Crippen LogP contribution in [0.3, 0.4) is 0 Å². The molecule has 0 bridgehead atoms. The highest BCUT2D eigenvalue weighted by atomic mass is 35.5. The molecular weight excluding hydrogens is 594 g/mol. The minimum Gasteiger partial charge on any atom is -0.461 e. The van der Waals surface area contributed by atoms with Gasteiger partial charge in [0, 0.05) is 42.6 Å². The third-order valence-corrected chi connectivity index (χ3v) is 9.59. The second kappa shape index (κ2) is 10.3. The summed E-state index contributed by atoms with van der Waals surface area (Å²) in [7, 11) is 0. The molecule has 0 spiro atoms. The molecule has 3 saturated heterocycles. The van der Waals surface area contributed by atoms with Crippen LogP contribution in [0.2, 0.25) is 5.02 Å². The molecule has 3 aliphatic rings. The van der Waals surface area contributed by atoms with Gasteiger partial charge in [-0.1, -0.05) is 35.1 Å². The lowest BCUT2D eigenvalue weighted by molar-refractivity contribution is 0.0156. The summed E-state index contributed by atoms with van der Waals surface area (Å²) in [5, 5.41) is 3.30. The van der Waals surface area contributed by atoms with Gasteiger partial charge in [-0.3, -0.25) is 4.90 Å². The van der Waals surface area contributed by atoms with Gasteiger partial charge >= 0.3 is 6.01 Å². The lowest BCUT2D eigenvalue weighted by Gasteiger charge is -2.31. The van der Waals surface area contributed by atoms with Crippen molar-refractivity contribution in [3.05, 3.63) is 35.1 Å². The standard InChI is InChI=1S/C28H28ClF4N7OS/c29-18-9-17-23(21(31)20(18)16-3-1-4-19-22(16)36-25(34)42-19)37-26(38-24(17)39-8-6-35-12-28(32,33)13-39)41-14-27-5-2-7-40(27)11-15(30)10-27/h1,3-4,9,15,35H,2,5-8,10-14H2,(H2,34,36)/t15-,27?/m1/s1. The van der Waals surface area contributed by atoms with Gasteiger partial charge in [-0.05, 0) is 31.5 Å². The molecule has 2 atom stereocenters. The molecule has 3 fully saturated rings. The van der Waals surface area contributed by atoms with Crippen molar-refractivity contribution >= 4 is 55.0 Å². The second-order valence-electron chi connectivity index (χ2n) is 11.3. The predicted octanol–water partition coefficient (Wildman–Crippen LogP) is 5.28. The molecule has 3 N–H and O–H groups in total. The molecule has 2 aromatic carbocycles. The average molecular weight is 622 g/mol. The number of rotatable bonds is 5. The predicted molar refractivity (Wildman–Crippen MR) is 156 cm³/mol. The van der Waals surface area contributed by atoms with Crippen molar-refractivity contribution in [3.8, 4) is 17.1 Å². The number of halogens is 5. The van der Waals surface area contributed by atoms with Crippen LogP contribution in [0.25, 0.3) is 32.2 Å². The molecule has 222 valence electrons. The highest BCUT2D eigenvalue weighted by Crippen LogP contribution is 2.43. The first-order valence-corrected chi connectivity index (χ1v) is 15.0. The average Bonchev–Trinajstić information content (AvgIpc) is 3.55. The monoisotopic (exact) mass is 621 g/mol. The van der Waals surface area contributed by atoms with Crippen molar-refractivity contribution in [2.45, 2.75) is 36.9 Å². The molecule has 7 rings (SSSR count). The van der Waals surface area contributed by atoms with Crippen molar-refractivity contribution in [1.82, 2.24) is 25.2 Å². The second-order valence-corrected chi connectivity index (χ2v) is 12.8. The van der Waals surface area contributed by atoms with E-state index in [2.05, 4.69) is 25.2 Å². The highest BCUT2D eigenvalue weighted by Gasteiger charge is 2.49. The van der Waals surface area contributed by atoms with Gasteiger partial charge in [0.05, 0.1) is 33.9 Å². The van der Waals surface area contributed by atoms with E-state index in [-0.39, 0.29) is 53.0 Å². The number of benzene rings is 2. The molecule has 0 radical (unpaired) electrons. The Morgan fingerprint density at radius 1 is 1.19 bits per heavy atom. The topological polar surface area (TPSA) is 92.4 Å². The molecule has 4 aromatic rings. The van der Waals surface area contributed by atoms with E-state index in [1.54, 1.807) is 12.1 Å². The number of thiazole rings is 1. The number of alkyl halides is 3. The Bertz CT molecular complexity index is 1690. The normalized spacial score (nSPS) is 24.4. The Kier molecular flexibility index (Phi) is 6.83. The van der Waals surface area contributed by atoms with E-state index in [1.807, 2.05) is 6.07 Å². The number of hydrogen-bond acceptors (Lipinski definition) is 9. The first-order chi connectivity index (χ1) is 20.1. The third kappa shape index (κ3) is 4.80. The van der Waals surface area contributed by atoms with E-state index in [4.69, 9.17) is 22.1 Å². The van der Waals surface area contributed by atoms with Crippen molar-refractivity contribution in [2.75, 3.05) is 56.5 Å². The van der Waals surface area contributed by atoms with Gasteiger partial charge in [0.1, 0.15) is 24.1 Å². The van der Waals surface area contributed by atoms with Crippen LogP contribution in [-0.2, 0) is 0 Å². The molecule has 42 heavy (non-hydrogen) atoms. The largest absolute Gasteiger partial charge is 0.461 e. The molecule has 8 nitrogen and oxygen atoms in total. The Morgan fingerprint density at radius 2 is 2.05 bits per heavy atom. The molecule has 2 aromatic heterocycles. The Hall–Kier alpha value is -3.00. The van der Waals surface area contributed by atoms with Crippen LogP contribution >= 0.6 is 22.9 Å². The molecule has 5 heterocycles. The quantitative estimate of drug-likeness (QED) is 0.291. The Morgan fingerprint density at radius 3 is 2.90 bits per heavy atom. The summed E-state index contributed by atoms with van der Waals surface area (Å²) in [5.41, 5.74) is 6.30. The third-order valence-electron chi connectivity index (χ3n) is 8.44. The number of para-hydroxylation sites is 1. The van der Waals surface area contributed by atoms with Crippen LogP contribution < -0.4 is 20.7 Å². The molecule has 3 aliphatic heterocycles. The SMILES string of the molecule is Nc1nc2c(-c3c(Cl)cc4c(N5CCNCC(F)(F)C5)nc(OCC56CCCN5C[C@H](F)C6)nc4c3F)cccc2s1. The first kappa shape index (κ1) is 27.8. The van der Waals surface area contributed by atoms with Gasteiger partial charge < -0.3 is 20.7 Å². The maximum absolute atomic E-state index is 16.6. The summed E-state index contributed by atoms with van der Waals surface area (Å²) in [5.74, 6) is -3.71. The number of aromatic nitrogens is 3. The van der Waals surface area contributed by atoms with E-state index in [9.17, 15) is 13.2 Å². The summed E-state index contributed by atoms with van der Waals surface area (Å²) in [6.07, 6.45) is 1.04. The van der Waals surface area contributed by atoms with Gasteiger partial charge in [0.2, 0.25) is 0 Å². The number of fused-ring (bicyclic) bond motifs is 3. The number of nitrogens with zero attached hydrogens (tertiary/aromatic N) is 5. The van der Waals surface area contributed by atoms with Gasteiger partial charge in [0.15, 0.2) is 10.9 Å². The van der Waals surface area contributed by atoms with Crippen molar-refractivity contribution in [1.29, 1.82) is 0 Å². The van der Waals surface area contributed by atoms with Crippen LogP contribution in [0, 0.1) is 5.82 Å². The van der Waals surface area contributed by atoms with Gasteiger partial charge in [0.25, 0.3) is 5.92 Å². The first-order valence-electron chi connectivity index (χ1n) is 13.8. The minimum atomic E-state index is -3.05. The van der Waals surface area contributed by atoms with Crippen molar-refractivity contribution in [3.63, 3.8) is 0 Å². The fraction of sp³-hybridized carbons (Fsp3) is 0.464. The number of nitrogen functional groups attached to an aromatic ring is 1. The number of ether oxygens (including phenoxy) is 1. The van der Waals surface area contributed by atoms with E-state index in [1.165, 1.54) is 22.3 Å². The van der Waals surface area contributed by atoms with Gasteiger partial charge in [-0.25, -0.2) is 22.5 Å². The van der Waals surface area contributed by atoms with E-state index in [0.29, 0.717) is 29.2 Å². The maximum Gasteiger partial charge on any atom is 0.319 e. The molecule has 1 unspecified atom stereocenters. The molecular formula is C28H28ClF4N7OS. The van der Waals surface area contributed by atoms with Gasteiger partial charge in [-0.2, -0.15) is 9.97 Å². The van der Waals surface area contributed by atoms with Crippen LogP contribution in [0.1, 0.15) is 19.3 Å². The number of anilines is 2.